The minimum Gasteiger partial charge on any atom is -0.397 e. The summed E-state index contributed by atoms with van der Waals surface area (Å²) in [6.45, 7) is 3.07. The number of aromatic nitrogens is 3. The molecule has 2 N–H and O–H groups in total. The summed E-state index contributed by atoms with van der Waals surface area (Å²) in [5.74, 6) is 0.903. The Morgan fingerprint density at radius 1 is 1.30 bits per heavy atom. The van der Waals surface area contributed by atoms with Crippen LogP contribution in [0.5, 0.6) is 0 Å². The molecule has 0 saturated carbocycles. The molecule has 0 aliphatic rings. The average Bonchev–Trinajstić information content (AvgIpc) is 2.77. The van der Waals surface area contributed by atoms with Crippen LogP contribution in [-0.2, 0) is 6.54 Å². The van der Waals surface area contributed by atoms with Crippen molar-refractivity contribution < 1.29 is 0 Å². The molecule has 0 aliphatic carbocycles. The monoisotopic (exact) mass is 330 g/mol. The zero-order valence-electron chi connectivity index (χ0n) is 11.2. The van der Waals surface area contributed by atoms with Gasteiger partial charge in [-0.15, -0.1) is 0 Å². The first-order valence-corrected chi connectivity index (χ1v) is 7.35. The van der Waals surface area contributed by atoms with Crippen LogP contribution in [0.25, 0.3) is 22.4 Å². The molecular formula is C15H15BrN4. The third-order valence-electron chi connectivity index (χ3n) is 3.25. The minimum absolute atomic E-state index is 0.652. The fourth-order valence-corrected chi connectivity index (χ4v) is 2.72. The van der Waals surface area contributed by atoms with Crippen LogP contribution < -0.4 is 5.73 Å². The van der Waals surface area contributed by atoms with Crippen LogP contribution in [0.2, 0.25) is 0 Å². The number of fused-ring (bicyclic) bond motifs is 1. The molecule has 2 aromatic heterocycles. The molecule has 0 bridgehead atoms. The van der Waals surface area contributed by atoms with Gasteiger partial charge < -0.3 is 10.3 Å². The summed E-state index contributed by atoms with van der Waals surface area (Å²) < 4.78 is 3.24. The van der Waals surface area contributed by atoms with E-state index in [1.165, 1.54) is 0 Å². The lowest BCUT2D eigenvalue weighted by atomic mass is 10.2. The molecule has 102 valence electrons. The minimum atomic E-state index is 0.652. The van der Waals surface area contributed by atoms with E-state index in [-0.39, 0.29) is 0 Å². The predicted octanol–water partition coefficient (Wildman–Crippen LogP) is 3.85. The molecule has 0 amide bonds. The molecular weight excluding hydrogens is 316 g/mol. The zero-order chi connectivity index (χ0) is 14.1. The molecule has 0 unspecified atom stereocenters. The Kier molecular flexibility index (Phi) is 3.44. The predicted molar refractivity (Wildman–Crippen MR) is 85.4 cm³/mol. The number of rotatable bonds is 3. The van der Waals surface area contributed by atoms with Gasteiger partial charge in [0.1, 0.15) is 5.82 Å². The molecule has 20 heavy (non-hydrogen) atoms. The summed E-state index contributed by atoms with van der Waals surface area (Å²) >= 11 is 3.49. The third kappa shape index (κ3) is 2.18. The molecule has 2 heterocycles. The van der Waals surface area contributed by atoms with E-state index in [1.54, 1.807) is 12.4 Å². The van der Waals surface area contributed by atoms with Crippen LogP contribution in [0, 0.1) is 0 Å². The van der Waals surface area contributed by atoms with E-state index in [0.29, 0.717) is 5.69 Å². The fraction of sp³-hybridized carbons (Fsp3) is 0.200. The second-order valence-electron chi connectivity index (χ2n) is 4.68. The number of benzene rings is 1. The summed E-state index contributed by atoms with van der Waals surface area (Å²) in [5, 5.41) is 0. The first-order valence-electron chi connectivity index (χ1n) is 6.56. The van der Waals surface area contributed by atoms with Gasteiger partial charge >= 0.3 is 0 Å². The van der Waals surface area contributed by atoms with Crippen LogP contribution in [0.1, 0.15) is 13.3 Å². The number of anilines is 1. The van der Waals surface area contributed by atoms with Crippen molar-refractivity contribution in [1.82, 2.24) is 14.5 Å². The molecule has 3 rings (SSSR count). The SMILES string of the molecule is CCCn1c(-c2ccncc2N)nc2cc(Br)ccc21. The van der Waals surface area contributed by atoms with Gasteiger partial charge in [-0.3, -0.25) is 4.98 Å². The highest BCUT2D eigenvalue weighted by Gasteiger charge is 2.14. The first kappa shape index (κ1) is 13.1. The van der Waals surface area contributed by atoms with E-state index < -0.39 is 0 Å². The van der Waals surface area contributed by atoms with Gasteiger partial charge in [-0.1, -0.05) is 22.9 Å². The number of aryl methyl sites for hydroxylation is 1. The Morgan fingerprint density at radius 2 is 2.15 bits per heavy atom. The van der Waals surface area contributed by atoms with Crippen molar-refractivity contribution in [3.8, 4) is 11.4 Å². The Labute approximate surface area is 125 Å². The van der Waals surface area contributed by atoms with Crippen molar-refractivity contribution >= 4 is 32.7 Å². The van der Waals surface area contributed by atoms with E-state index in [9.17, 15) is 0 Å². The molecule has 0 radical (unpaired) electrons. The van der Waals surface area contributed by atoms with Crippen molar-refractivity contribution in [3.05, 3.63) is 41.1 Å². The van der Waals surface area contributed by atoms with Crippen molar-refractivity contribution in [3.63, 3.8) is 0 Å². The molecule has 0 fully saturated rings. The maximum Gasteiger partial charge on any atom is 0.143 e. The van der Waals surface area contributed by atoms with E-state index in [0.717, 1.165) is 39.9 Å². The summed E-state index contributed by atoms with van der Waals surface area (Å²) in [5.41, 5.74) is 9.73. The summed E-state index contributed by atoms with van der Waals surface area (Å²) in [7, 11) is 0. The van der Waals surface area contributed by atoms with Gasteiger partial charge in [-0.2, -0.15) is 0 Å². The van der Waals surface area contributed by atoms with Crippen LogP contribution in [0.4, 0.5) is 5.69 Å². The number of imidazole rings is 1. The average molecular weight is 331 g/mol. The molecule has 4 nitrogen and oxygen atoms in total. The normalized spacial score (nSPS) is 11.1. The number of nitrogen functional groups attached to an aromatic ring is 1. The molecule has 0 atom stereocenters. The highest BCUT2D eigenvalue weighted by molar-refractivity contribution is 9.10. The van der Waals surface area contributed by atoms with E-state index in [1.807, 2.05) is 18.2 Å². The molecule has 0 spiro atoms. The van der Waals surface area contributed by atoms with Crippen molar-refractivity contribution in [2.45, 2.75) is 19.9 Å². The Balaban J connectivity index is 2.29. The number of hydrogen-bond donors (Lipinski definition) is 1. The number of nitrogens with zero attached hydrogens (tertiary/aromatic N) is 3. The number of hydrogen-bond acceptors (Lipinski definition) is 3. The van der Waals surface area contributed by atoms with Gasteiger partial charge in [0.05, 0.1) is 22.9 Å². The standard InChI is InChI=1S/C15H15BrN4/c1-2-7-20-14-4-3-10(16)8-13(14)19-15(20)11-5-6-18-9-12(11)17/h3-6,8-9H,2,7,17H2,1H3. The number of pyridine rings is 1. The molecule has 1 aromatic carbocycles. The first-order chi connectivity index (χ1) is 9.70. The maximum atomic E-state index is 6.04. The molecule has 5 heteroatoms. The van der Waals surface area contributed by atoms with Gasteiger partial charge in [0.2, 0.25) is 0 Å². The largest absolute Gasteiger partial charge is 0.397 e. The Morgan fingerprint density at radius 3 is 2.90 bits per heavy atom. The van der Waals surface area contributed by atoms with Crippen molar-refractivity contribution in [2.24, 2.45) is 0 Å². The lowest BCUT2D eigenvalue weighted by Crippen LogP contribution is -2.01. The van der Waals surface area contributed by atoms with Gasteiger partial charge in [-0.25, -0.2) is 4.98 Å². The zero-order valence-corrected chi connectivity index (χ0v) is 12.8. The molecule has 0 saturated heterocycles. The Hall–Kier alpha value is -1.88. The summed E-state index contributed by atoms with van der Waals surface area (Å²) in [6.07, 6.45) is 4.46. The molecule has 0 aliphatic heterocycles. The van der Waals surface area contributed by atoms with E-state index in [2.05, 4.69) is 38.5 Å². The highest BCUT2D eigenvalue weighted by Crippen LogP contribution is 2.29. The lowest BCUT2D eigenvalue weighted by molar-refractivity contribution is 0.704. The lowest BCUT2D eigenvalue weighted by Gasteiger charge is -2.09. The van der Waals surface area contributed by atoms with Crippen LogP contribution >= 0.6 is 15.9 Å². The third-order valence-corrected chi connectivity index (χ3v) is 3.74. The quantitative estimate of drug-likeness (QED) is 0.793. The summed E-state index contributed by atoms with van der Waals surface area (Å²) in [6, 6.07) is 8.07. The van der Waals surface area contributed by atoms with Gasteiger partial charge in [0, 0.05) is 22.8 Å². The van der Waals surface area contributed by atoms with Crippen LogP contribution in [-0.4, -0.2) is 14.5 Å². The van der Waals surface area contributed by atoms with Gasteiger partial charge in [-0.05, 0) is 30.7 Å². The highest BCUT2D eigenvalue weighted by atomic mass is 79.9. The number of halogens is 1. The van der Waals surface area contributed by atoms with Crippen molar-refractivity contribution in [1.29, 1.82) is 0 Å². The van der Waals surface area contributed by atoms with Crippen LogP contribution in [0.3, 0.4) is 0 Å². The second-order valence-corrected chi connectivity index (χ2v) is 5.60. The van der Waals surface area contributed by atoms with Gasteiger partial charge in [0.25, 0.3) is 0 Å². The summed E-state index contributed by atoms with van der Waals surface area (Å²) in [4.78, 5) is 8.79. The topological polar surface area (TPSA) is 56.7 Å². The molecule has 3 aromatic rings. The van der Waals surface area contributed by atoms with E-state index >= 15 is 0 Å². The number of nitrogens with two attached hydrogens (primary N) is 1. The smallest absolute Gasteiger partial charge is 0.143 e. The van der Waals surface area contributed by atoms with Crippen molar-refractivity contribution in [2.75, 3.05) is 5.73 Å². The Bertz CT molecular complexity index is 764. The fourth-order valence-electron chi connectivity index (χ4n) is 2.37. The van der Waals surface area contributed by atoms with Crippen LogP contribution in [0.15, 0.2) is 41.1 Å². The second kappa shape index (κ2) is 5.25. The maximum absolute atomic E-state index is 6.04. The van der Waals surface area contributed by atoms with Gasteiger partial charge in [0.15, 0.2) is 0 Å². The van der Waals surface area contributed by atoms with E-state index in [4.69, 9.17) is 10.7 Å².